The van der Waals surface area contributed by atoms with Crippen LogP contribution in [0.2, 0.25) is 0 Å². The van der Waals surface area contributed by atoms with Crippen LogP contribution in [0.15, 0.2) is 72.8 Å². The van der Waals surface area contributed by atoms with Gasteiger partial charge in [-0.25, -0.2) is 4.57 Å². The summed E-state index contributed by atoms with van der Waals surface area (Å²) in [6.45, 7) is 0. The molecule has 1 heterocycles. The highest BCUT2D eigenvalue weighted by Gasteiger charge is 2.36. The van der Waals surface area contributed by atoms with Gasteiger partial charge in [0.25, 0.3) is 0 Å². The van der Waals surface area contributed by atoms with E-state index in [1.165, 1.54) is 7.11 Å². The number of hydrogen-bond acceptors (Lipinski definition) is 4. The fourth-order valence-corrected chi connectivity index (χ4v) is 4.48. The van der Waals surface area contributed by atoms with Gasteiger partial charge in [-0.1, -0.05) is 60.7 Å². The summed E-state index contributed by atoms with van der Waals surface area (Å²) in [6, 6.07) is 23.6. The van der Waals surface area contributed by atoms with Crippen LogP contribution in [0.25, 0.3) is 32.7 Å². The predicted molar refractivity (Wildman–Crippen MR) is 103 cm³/mol. The first kappa shape index (κ1) is 15.4. The zero-order valence-electron chi connectivity index (χ0n) is 14.0. The SMILES string of the molecule is COP1(=O)Oc2ccc3ccccc3c2-c2c(ccc3ccccc23)O1. The van der Waals surface area contributed by atoms with E-state index in [4.69, 9.17) is 13.6 Å². The Bertz CT molecular complexity index is 1120. The van der Waals surface area contributed by atoms with Crippen molar-refractivity contribution in [3.63, 3.8) is 0 Å². The molecule has 1 aliphatic rings. The van der Waals surface area contributed by atoms with Gasteiger partial charge in [0, 0.05) is 18.2 Å². The number of phosphoric acid groups is 1. The molecule has 0 aromatic heterocycles. The first-order chi connectivity index (χ1) is 12.7. The van der Waals surface area contributed by atoms with Gasteiger partial charge < -0.3 is 9.05 Å². The van der Waals surface area contributed by atoms with Crippen LogP contribution in [0.1, 0.15) is 0 Å². The van der Waals surface area contributed by atoms with Crippen LogP contribution in [-0.2, 0) is 9.09 Å². The number of fused-ring (bicyclic) bond motifs is 7. The van der Waals surface area contributed by atoms with Gasteiger partial charge in [0.1, 0.15) is 11.5 Å². The summed E-state index contributed by atoms with van der Waals surface area (Å²) in [5, 5.41) is 4.16. The van der Waals surface area contributed by atoms with Crippen molar-refractivity contribution in [2.45, 2.75) is 0 Å². The van der Waals surface area contributed by atoms with E-state index < -0.39 is 7.82 Å². The van der Waals surface area contributed by atoms with Crippen LogP contribution in [0.4, 0.5) is 0 Å². The second-order valence-corrected chi connectivity index (χ2v) is 7.76. The highest BCUT2D eigenvalue weighted by molar-refractivity contribution is 7.49. The van der Waals surface area contributed by atoms with Crippen molar-refractivity contribution in [3.05, 3.63) is 72.8 Å². The molecule has 26 heavy (non-hydrogen) atoms. The normalized spacial score (nSPS) is 14.8. The van der Waals surface area contributed by atoms with Crippen molar-refractivity contribution in [2.24, 2.45) is 0 Å². The van der Waals surface area contributed by atoms with Crippen molar-refractivity contribution in [3.8, 4) is 22.6 Å². The van der Waals surface area contributed by atoms with Gasteiger partial charge in [0.05, 0.1) is 0 Å². The average Bonchev–Trinajstić information content (AvgIpc) is 2.82. The van der Waals surface area contributed by atoms with E-state index in [9.17, 15) is 4.57 Å². The lowest BCUT2D eigenvalue weighted by Crippen LogP contribution is -2.00. The highest BCUT2D eigenvalue weighted by atomic mass is 31.2. The Balaban J connectivity index is 2.00. The van der Waals surface area contributed by atoms with Crippen molar-refractivity contribution >= 4 is 29.4 Å². The third-order valence-corrected chi connectivity index (χ3v) is 5.96. The first-order valence-electron chi connectivity index (χ1n) is 8.27. The Morgan fingerprint density at radius 1 is 0.692 bits per heavy atom. The number of rotatable bonds is 1. The third-order valence-electron chi connectivity index (χ3n) is 4.68. The average molecular weight is 362 g/mol. The molecule has 4 aromatic rings. The van der Waals surface area contributed by atoms with E-state index in [0.717, 1.165) is 32.7 Å². The lowest BCUT2D eigenvalue weighted by atomic mass is 9.92. The molecule has 0 radical (unpaired) electrons. The zero-order chi connectivity index (χ0) is 17.7. The maximum Gasteiger partial charge on any atom is 0.587 e. The van der Waals surface area contributed by atoms with Gasteiger partial charge in [-0.15, -0.1) is 0 Å². The van der Waals surface area contributed by atoms with Crippen molar-refractivity contribution in [2.75, 3.05) is 7.11 Å². The zero-order valence-corrected chi connectivity index (χ0v) is 14.9. The fraction of sp³-hybridized carbons (Fsp3) is 0.0476. The molecule has 0 bridgehead atoms. The minimum Gasteiger partial charge on any atom is -0.394 e. The van der Waals surface area contributed by atoms with E-state index in [-0.39, 0.29) is 0 Å². The smallest absolute Gasteiger partial charge is 0.394 e. The van der Waals surface area contributed by atoms with Gasteiger partial charge in [0.15, 0.2) is 0 Å². The van der Waals surface area contributed by atoms with Crippen LogP contribution in [-0.4, -0.2) is 7.11 Å². The molecule has 0 atom stereocenters. The van der Waals surface area contributed by atoms with E-state index in [1.807, 2.05) is 72.8 Å². The summed E-state index contributed by atoms with van der Waals surface area (Å²) in [6.07, 6.45) is 0. The molecule has 128 valence electrons. The van der Waals surface area contributed by atoms with Crippen molar-refractivity contribution in [1.29, 1.82) is 0 Å². The van der Waals surface area contributed by atoms with E-state index in [0.29, 0.717) is 11.5 Å². The minimum absolute atomic E-state index is 0.490. The molecular formula is C21H15O4P. The van der Waals surface area contributed by atoms with Gasteiger partial charge in [-0.2, -0.15) is 0 Å². The van der Waals surface area contributed by atoms with E-state index >= 15 is 0 Å². The molecule has 0 unspecified atom stereocenters. The quantitative estimate of drug-likeness (QED) is 0.379. The second-order valence-electron chi connectivity index (χ2n) is 6.13. The monoisotopic (exact) mass is 362 g/mol. The molecule has 4 aromatic carbocycles. The largest absolute Gasteiger partial charge is 0.587 e. The molecule has 0 aliphatic carbocycles. The highest BCUT2D eigenvalue weighted by Crippen LogP contribution is 2.58. The summed E-state index contributed by atoms with van der Waals surface area (Å²) in [7, 11) is -2.43. The summed E-state index contributed by atoms with van der Waals surface area (Å²) in [5.41, 5.74) is 1.73. The van der Waals surface area contributed by atoms with Gasteiger partial charge in [-0.3, -0.25) is 4.52 Å². The Morgan fingerprint density at radius 2 is 1.15 bits per heavy atom. The molecule has 0 saturated carbocycles. The summed E-state index contributed by atoms with van der Waals surface area (Å²) in [4.78, 5) is 0. The molecule has 0 spiro atoms. The van der Waals surface area contributed by atoms with Crippen molar-refractivity contribution < 1.29 is 18.1 Å². The molecule has 0 N–H and O–H groups in total. The molecule has 5 rings (SSSR count). The maximum atomic E-state index is 13.0. The molecule has 5 heteroatoms. The maximum absolute atomic E-state index is 13.0. The second kappa shape index (κ2) is 5.60. The number of benzene rings is 4. The van der Waals surface area contributed by atoms with Crippen LogP contribution in [0.5, 0.6) is 11.5 Å². The molecular weight excluding hydrogens is 347 g/mol. The molecule has 1 aliphatic heterocycles. The standard InChI is InChI=1S/C21H15O4P/c1-23-26(22)24-18-12-10-14-6-2-4-8-16(14)20(18)21-17-9-5-3-7-15(17)11-13-19(21)25-26/h2-13H,1H3. The first-order valence-corrected chi connectivity index (χ1v) is 9.73. The predicted octanol–water partition coefficient (Wildman–Crippen LogP) is 6.19. The van der Waals surface area contributed by atoms with Gasteiger partial charge in [-0.05, 0) is 33.7 Å². The van der Waals surface area contributed by atoms with Crippen LogP contribution in [0.3, 0.4) is 0 Å². The number of phosphoric ester groups is 1. The van der Waals surface area contributed by atoms with Crippen LogP contribution in [0, 0.1) is 0 Å². The minimum atomic E-state index is -3.76. The Labute approximate surface area is 150 Å². The van der Waals surface area contributed by atoms with Crippen LogP contribution < -0.4 is 9.05 Å². The summed E-state index contributed by atoms with van der Waals surface area (Å²) < 4.78 is 29.5. The molecule has 0 amide bonds. The van der Waals surface area contributed by atoms with Crippen molar-refractivity contribution in [1.82, 2.24) is 0 Å². The summed E-state index contributed by atoms with van der Waals surface area (Å²) >= 11 is 0. The van der Waals surface area contributed by atoms with E-state index in [2.05, 4.69) is 0 Å². The lowest BCUT2D eigenvalue weighted by Gasteiger charge is -2.14. The van der Waals surface area contributed by atoms with Gasteiger partial charge in [0.2, 0.25) is 0 Å². The fourth-order valence-electron chi connectivity index (χ4n) is 3.51. The topological polar surface area (TPSA) is 44.8 Å². The lowest BCUT2D eigenvalue weighted by molar-refractivity contribution is 0.252. The molecule has 0 fully saturated rings. The molecule has 0 saturated heterocycles. The summed E-state index contributed by atoms with van der Waals surface area (Å²) in [5.74, 6) is 0.980. The Morgan fingerprint density at radius 3 is 1.62 bits per heavy atom. The third kappa shape index (κ3) is 2.23. The van der Waals surface area contributed by atoms with E-state index in [1.54, 1.807) is 0 Å². The Hall–Kier alpha value is -2.81. The molecule has 4 nitrogen and oxygen atoms in total. The number of hydrogen-bond donors (Lipinski definition) is 0. The Kier molecular flexibility index (Phi) is 3.33. The van der Waals surface area contributed by atoms with Gasteiger partial charge >= 0.3 is 7.82 Å². The van der Waals surface area contributed by atoms with Crippen LogP contribution >= 0.6 is 7.82 Å².